The van der Waals surface area contributed by atoms with E-state index in [1.54, 1.807) is 57.3 Å². The fraction of sp³-hybridized carbons (Fsp3) is 0.241. The molecule has 10 nitrogen and oxygen atoms in total. The molecule has 5 rings (SSSR count). The number of rotatable bonds is 8. The number of fused-ring (bicyclic) bond motifs is 1. The van der Waals surface area contributed by atoms with Crippen molar-refractivity contribution in [1.82, 2.24) is 30.2 Å². The first-order valence-corrected chi connectivity index (χ1v) is 13.2. The Hall–Kier alpha value is -4.48. The first-order chi connectivity index (χ1) is 19.6. The molecule has 41 heavy (non-hydrogen) atoms. The Balaban J connectivity index is 1.33. The Morgan fingerprint density at radius 3 is 2.68 bits per heavy atom. The van der Waals surface area contributed by atoms with Gasteiger partial charge in [-0.3, -0.25) is 9.59 Å². The fourth-order valence-corrected chi connectivity index (χ4v) is 4.89. The van der Waals surface area contributed by atoms with E-state index in [0.29, 0.717) is 44.6 Å². The molecule has 2 aromatic carbocycles. The lowest BCUT2D eigenvalue weighted by atomic mass is 10.0. The normalized spacial score (nSPS) is 14.0. The minimum absolute atomic E-state index is 0.225. The number of amides is 2. The van der Waals surface area contributed by atoms with Gasteiger partial charge in [-0.15, -0.1) is 0 Å². The van der Waals surface area contributed by atoms with Crippen molar-refractivity contribution in [2.45, 2.75) is 39.4 Å². The molecular weight excluding hydrogens is 549 g/mol. The lowest BCUT2D eigenvalue weighted by Gasteiger charge is -2.26. The van der Waals surface area contributed by atoms with Gasteiger partial charge in [-0.05, 0) is 61.7 Å². The first-order valence-electron chi connectivity index (χ1n) is 12.8. The number of carbonyl (C=O) groups is 2. The zero-order valence-corrected chi connectivity index (χ0v) is 23.3. The van der Waals surface area contributed by atoms with Crippen molar-refractivity contribution in [2.75, 3.05) is 11.9 Å². The van der Waals surface area contributed by atoms with E-state index in [9.17, 15) is 19.1 Å². The number of carbonyl (C=O) groups excluding carboxylic acids is 2. The molecule has 3 heterocycles. The van der Waals surface area contributed by atoms with Gasteiger partial charge in [0.15, 0.2) is 0 Å². The summed E-state index contributed by atoms with van der Waals surface area (Å²) in [5, 5.41) is 15.9. The number of hydrogen-bond donors (Lipinski definition) is 3. The van der Waals surface area contributed by atoms with Crippen LogP contribution < -0.4 is 10.6 Å². The number of aryl methyl sites for hydroxylation is 2. The summed E-state index contributed by atoms with van der Waals surface area (Å²) < 4.78 is 13.9. The highest BCUT2D eigenvalue weighted by Gasteiger charge is 2.35. The van der Waals surface area contributed by atoms with Gasteiger partial charge in [0.25, 0.3) is 5.91 Å². The number of aliphatic hydroxyl groups is 1. The third-order valence-electron chi connectivity index (χ3n) is 6.79. The van der Waals surface area contributed by atoms with Crippen molar-refractivity contribution in [1.29, 1.82) is 0 Å². The first kappa shape index (κ1) is 28.1. The topological polar surface area (TPSA) is 133 Å². The van der Waals surface area contributed by atoms with Gasteiger partial charge in [0, 0.05) is 23.9 Å². The van der Waals surface area contributed by atoms with Crippen LogP contribution in [0.1, 0.15) is 45.8 Å². The van der Waals surface area contributed by atoms with E-state index in [2.05, 4.69) is 30.6 Å². The lowest BCUT2D eigenvalue weighted by Crippen LogP contribution is -2.46. The second-order valence-corrected chi connectivity index (χ2v) is 10.2. The van der Waals surface area contributed by atoms with E-state index in [1.165, 1.54) is 23.2 Å². The molecule has 4 aromatic rings. The van der Waals surface area contributed by atoms with Crippen LogP contribution in [0, 0.1) is 19.7 Å². The lowest BCUT2D eigenvalue weighted by molar-refractivity contribution is -0.126. The average molecular weight is 576 g/mol. The Morgan fingerprint density at radius 1 is 1.15 bits per heavy atom. The molecule has 0 saturated heterocycles. The largest absolute Gasteiger partial charge is 0.394 e. The Kier molecular flexibility index (Phi) is 7.91. The minimum atomic E-state index is -0.850. The Bertz CT molecular complexity index is 1630. The Labute approximate surface area is 240 Å². The summed E-state index contributed by atoms with van der Waals surface area (Å²) in [6, 6.07) is 9.65. The number of aromatic nitrogens is 4. The molecule has 0 unspecified atom stereocenters. The maximum atomic E-state index is 13.9. The van der Waals surface area contributed by atoms with E-state index in [-0.39, 0.29) is 18.4 Å². The van der Waals surface area contributed by atoms with Crippen molar-refractivity contribution in [3.63, 3.8) is 0 Å². The van der Waals surface area contributed by atoms with Crippen LogP contribution in [0.5, 0.6) is 0 Å². The summed E-state index contributed by atoms with van der Waals surface area (Å²) in [6.07, 6.45) is 3.08. The fourth-order valence-electron chi connectivity index (χ4n) is 4.69. The molecule has 0 bridgehead atoms. The van der Waals surface area contributed by atoms with Gasteiger partial charge in [-0.2, -0.15) is 0 Å². The van der Waals surface area contributed by atoms with Gasteiger partial charge in [0.05, 0.1) is 29.6 Å². The van der Waals surface area contributed by atoms with Crippen molar-refractivity contribution in [3.05, 3.63) is 93.8 Å². The number of nitrogens with zero attached hydrogens (tertiary/aromatic N) is 5. The van der Waals surface area contributed by atoms with Gasteiger partial charge in [0.1, 0.15) is 23.5 Å². The SMILES string of the molecule is Cc1cc(F)cc([C@@H](CO)NC(=O)[C@@H](C)N2Cc3ccc(-c4nc(Nc5ccnc(C)n5)ncc4Cl)cc3C2=O)c1. The zero-order valence-electron chi connectivity index (χ0n) is 22.5. The van der Waals surface area contributed by atoms with Crippen LogP contribution >= 0.6 is 11.6 Å². The van der Waals surface area contributed by atoms with Crippen molar-refractivity contribution in [2.24, 2.45) is 0 Å². The Morgan fingerprint density at radius 2 is 1.95 bits per heavy atom. The molecule has 0 aliphatic carbocycles. The number of nitrogens with one attached hydrogen (secondary N) is 2. The molecule has 2 aromatic heterocycles. The van der Waals surface area contributed by atoms with Crippen molar-refractivity contribution < 1.29 is 19.1 Å². The molecule has 0 saturated carbocycles. The summed E-state index contributed by atoms with van der Waals surface area (Å²) in [5.41, 5.74) is 3.31. The molecule has 1 aliphatic rings. The number of aliphatic hydroxyl groups excluding tert-OH is 1. The molecule has 12 heteroatoms. The van der Waals surface area contributed by atoms with Crippen LogP contribution in [0.4, 0.5) is 16.2 Å². The summed E-state index contributed by atoms with van der Waals surface area (Å²) in [5.74, 6) is 0.123. The summed E-state index contributed by atoms with van der Waals surface area (Å²) in [6.45, 7) is 4.91. The van der Waals surface area contributed by atoms with E-state index < -0.39 is 30.4 Å². The number of benzene rings is 2. The highest BCUT2D eigenvalue weighted by Crippen LogP contribution is 2.32. The van der Waals surface area contributed by atoms with E-state index >= 15 is 0 Å². The summed E-state index contributed by atoms with van der Waals surface area (Å²) >= 11 is 6.43. The third kappa shape index (κ3) is 6.01. The molecule has 2 amide bonds. The van der Waals surface area contributed by atoms with Gasteiger partial charge in [-0.25, -0.2) is 24.3 Å². The summed E-state index contributed by atoms with van der Waals surface area (Å²) in [4.78, 5) is 45.1. The average Bonchev–Trinajstić information content (AvgIpc) is 3.27. The van der Waals surface area contributed by atoms with Crippen LogP contribution in [0.2, 0.25) is 5.02 Å². The maximum Gasteiger partial charge on any atom is 0.255 e. The second-order valence-electron chi connectivity index (χ2n) is 9.79. The minimum Gasteiger partial charge on any atom is -0.394 e. The monoisotopic (exact) mass is 575 g/mol. The zero-order chi connectivity index (χ0) is 29.3. The second kappa shape index (κ2) is 11.6. The smallest absolute Gasteiger partial charge is 0.255 e. The quantitative estimate of drug-likeness (QED) is 0.283. The van der Waals surface area contributed by atoms with Crippen LogP contribution in [-0.2, 0) is 11.3 Å². The molecule has 2 atom stereocenters. The highest BCUT2D eigenvalue weighted by atomic mass is 35.5. The van der Waals surface area contributed by atoms with Gasteiger partial charge >= 0.3 is 0 Å². The van der Waals surface area contributed by atoms with Crippen LogP contribution in [0.15, 0.2) is 54.9 Å². The van der Waals surface area contributed by atoms with E-state index in [1.807, 2.05) is 0 Å². The van der Waals surface area contributed by atoms with Crippen molar-refractivity contribution in [3.8, 4) is 11.3 Å². The predicted molar refractivity (Wildman–Crippen MR) is 151 cm³/mol. The molecular formula is C29H27ClFN7O3. The van der Waals surface area contributed by atoms with Gasteiger partial charge < -0.3 is 20.6 Å². The highest BCUT2D eigenvalue weighted by molar-refractivity contribution is 6.33. The molecule has 3 N–H and O–H groups in total. The molecule has 0 radical (unpaired) electrons. The predicted octanol–water partition coefficient (Wildman–Crippen LogP) is 4.28. The van der Waals surface area contributed by atoms with Crippen molar-refractivity contribution >= 4 is 35.2 Å². The number of halogens is 2. The standard InChI is InChI=1S/C29H27ClFN7O3/c1-15-8-20(10-21(31)9-15)24(14-39)35-27(40)16(2)38-13-19-5-4-18(11-22(19)28(38)41)26-23(30)12-33-29(37-26)36-25-6-7-32-17(3)34-25/h4-12,16,24,39H,13-14H2,1-3H3,(H,35,40)(H,32,33,34,36,37)/t16-,24-/m1/s1. The summed E-state index contributed by atoms with van der Waals surface area (Å²) in [7, 11) is 0. The number of hydrogen-bond acceptors (Lipinski definition) is 8. The molecule has 0 fully saturated rings. The number of anilines is 2. The van der Waals surface area contributed by atoms with Crippen LogP contribution in [-0.4, -0.2) is 54.4 Å². The molecule has 210 valence electrons. The maximum absolute atomic E-state index is 13.9. The van der Waals surface area contributed by atoms with Crippen LogP contribution in [0.25, 0.3) is 11.3 Å². The molecule has 1 aliphatic heterocycles. The van der Waals surface area contributed by atoms with Gasteiger partial charge in [0.2, 0.25) is 11.9 Å². The molecule has 0 spiro atoms. The van der Waals surface area contributed by atoms with E-state index in [4.69, 9.17) is 11.6 Å². The van der Waals surface area contributed by atoms with Gasteiger partial charge in [-0.1, -0.05) is 29.8 Å². The van der Waals surface area contributed by atoms with E-state index in [0.717, 1.165) is 5.56 Å². The third-order valence-corrected chi connectivity index (χ3v) is 7.06. The van der Waals surface area contributed by atoms with Crippen LogP contribution in [0.3, 0.4) is 0 Å².